The number of hydrogen-bond acceptors (Lipinski definition) is 5. The zero-order chi connectivity index (χ0) is 32.1. The van der Waals surface area contributed by atoms with E-state index in [2.05, 4.69) is 38.7 Å². The van der Waals surface area contributed by atoms with Crippen LogP contribution in [0.2, 0.25) is 0 Å². The van der Waals surface area contributed by atoms with Crippen LogP contribution in [-0.4, -0.2) is 53.9 Å². The number of rotatable bonds is 9. The Hall–Kier alpha value is -3.57. The quantitative estimate of drug-likeness (QED) is 0.156. The van der Waals surface area contributed by atoms with E-state index in [1.807, 2.05) is 85.0 Å². The van der Waals surface area contributed by atoms with Crippen molar-refractivity contribution in [1.29, 1.82) is 0 Å². The van der Waals surface area contributed by atoms with Gasteiger partial charge in [-0.15, -0.1) is 0 Å². The van der Waals surface area contributed by atoms with E-state index in [0.717, 1.165) is 44.7 Å². The van der Waals surface area contributed by atoms with Crippen LogP contribution >= 0.6 is 0 Å². The standard InChI is InChI=1S/C34H38N2O6S2/c1-24(44(40,41)42)21-22-35-28-16-12-11-15-27(28)33(2,3)30(35)17-7-6-8-18-31-34(4,5)32-26-14-10-9-13-25(26)19-20-29(32)36(31)23-43(37,38)39/h6-20,24H,21-23H2,1-5H3,(H-,37,38,39,40,41,42)/p+1. The second-order valence-corrected chi connectivity index (χ2v) is 15.8. The first-order valence-electron chi connectivity index (χ1n) is 14.5. The maximum atomic E-state index is 12.1. The summed E-state index contributed by atoms with van der Waals surface area (Å²) in [5, 5.41) is 1.20. The topological polar surface area (TPSA) is 115 Å². The molecule has 1 atom stereocenters. The molecule has 232 valence electrons. The largest absolute Gasteiger partial charge is 0.344 e. The molecule has 0 aromatic heterocycles. The predicted octanol–water partition coefficient (Wildman–Crippen LogP) is 6.52. The van der Waals surface area contributed by atoms with Crippen molar-refractivity contribution >= 4 is 48.1 Å². The van der Waals surface area contributed by atoms with Gasteiger partial charge in [-0.25, -0.2) is 0 Å². The van der Waals surface area contributed by atoms with Crippen molar-refractivity contribution in [3.63, 3.8) is 0 Å². The number of hydrogen-bond donors (Lipinski definition) is 2. The van der Waals surface area contributed by atoms with E-state index in [1.165, 1.54) is 6.92 Å². The van der Waals surface area contributed by atoms with E-state index in [-0.39, 0.29) is 11.8 Å². The highest BCUT2D eigenvalue weighted by atomic mass is 32.2. The van der Waals surface area contributed by atoms with Crippen LogP contribution in [0.15, 0.2) is 96.7 Å². The van der Waals surface area contributed by atoms with Crippen LogP contribution in [0.4, 0.5) is 11.4 Å². The third-order valence-corrected chi connectivity index (χ3v) is 10.7. The molecule has 0 radical (unpaired) electrons. The second-order valence-electron chi connectivity index (χ2n) is 12.5. The number of nitrogens with zero attached hydrogens (tertiary/aromatic N) is 2. The number of para-hydroxylation sites is 1. The summed E-state index contributed by atoms with van der Waals surface area (Å²) >= 11 is 0. The van der Waals surface area contributed by atoms with Crippen molar-refractivity contribution in [1.82, 2.24) is 0 Å². The van der Waals surface area contributed by atoms with Gasteiger partial charge in [0.15, 0.2) is 5.71 Å². The predicted molar refractivity (Wildman–Crippen MR) is 177 cm³/mol. The van der Waals surface area contributed by atoms with Crippen molar-refractivity contribution in [3.8, 4) is 0 Å². The molecule has 0 spiro atoms. The van der Waals surface area contributed by atoms with Crippen LogP contribution in [0.25, 0.3) is 10.8 Å². The van der Waals surface area contributed by atoms with Gasteiger partial charge in [0.1, 0.15) is 0 Å². The van der Waals surface area contributed by atoms with Gasteiger partial charge in [0.05, 0.1) is 10.7 Å². The molecule has 44 heavy (non-hydrogen) atoms. The first-order valence-corrected chi connectivity index (χ1v) is 17.7. The Balaban J connectivity index is 1.49. The normalized spacial score (nSPS) is 19.4. The Kier molecular flexibility index (Phi) is 8.26. The van der Waals surface area contributed by atoms with Crippen LogP contribution < -0.4 is 4.90 Å². The minimum Gasteiger partial charge on any atom is -0.344 e. The van der Waals surface area contributed by atoms with Crippen LogP contribution in [0.1, 0.15) is 52.2 Å². The third kappa shape index (κ3) is 5.91. The first kappa shape index (κ1) is 31.8. The molecule has 0 bridgehead atoms. The Bertz CT molecular complexity index is 1970. The molecule has 2 aliphatic rings. The number of anilines is 1. The molecule has 8 nitrogen and oxygen atoms in total. The summed E-state index contributed by atoms with van der Waals surface area (Å²) < 4.78 is 68.5. The monoisotopic (exact) mass is 635 g/mol. The lowest BCUT2D eigenvalue weighted by Crippen LogP contribution is -2.30. The van der Waals surface area contributed by atoms with Crippen LogP contribution in [0, 0.1) is 0 Å². The van der Waals surface area contributed by atoms with E-state index in [1.54, 1.807) is 4.58 Å². The smallest absolute Gasteiger partial charge is 0.326 e. The molecule has 2 aliphatic heterocycles. The average molecular weight is 636 g/mol. The summed E-state index contributed by atoms with van der Waals surface area (Å²) in [6.45, 7) is 10.3. The fourth-order valence-corrected chi connectivity index (χ4v) is 7.54. The SMILES string of the molecule is CC(CCN1C(=CC=CC=CC2=[N+](CS(=O)(=O)O)c3ccc4ccccc4c3C2(C)C)C(C)(C)c2ccccc21)S(=O)(=O)O. The molecule has 0 fully saturated rings. The summed E-state index contributed by atoms with van der Waals surface area (Å²) in [6, 6.07) is 19.9. The van der Waals surface area contributed by atoms with E-state index < -0.39 is 36.8 Å². The van der Waals surface area contributed by atoms with Gasteiger partial charge < -0.3 is 4.90 Å². The number of allylic oxidation sites excluding steroid dienone is 6. The first-order chi connectivity index (χ1) is 20.5. The Morgan fingerprint density at radius 3 is 2.25 bits per heavy atom. The van der Waals surface area contributed by atoms with E-state index in [0.29, 0.717) is 6.54 Å². The average Bonchev–Trinajstić information content (AvgIpc) is 3.28. The van der Waals surface area contributed by atoms with Gasteiger partial charge in [0.2, 0.25) is 5.69 Å². The number of fused-ring (bicyclic) bond motifs is 4. The molecule has 5 rings (SSSR count). The lowest BCUT2D eigenvalue weighted by atomic mass is 9.79. The van der Waals surface area contributed by atoms with Gasteiger partial charge in [-0.2, -0.15) is 21.4 Å². The highest BCUT2D eigenvalue weighted by Gasteiger charge is 2.46. The molecule has 0 saturated heterocycles. The molecule has 2 N–H and O–H groups in total. The summed E-state index contributed by atoms with van der Waals surface area (Å²) in [7, 11) is -8.45. The summed E-state index contributed by atoms with van der Waals surface area (Å²) in [5.41, 5.74) is 4.73. The zero-order valence-corrected chi connectivity index (χ0v) is 27.2. The van der Waals surface area contributed by atoms with E-state index >= 15 is 0 Å². The van der Waals surface area contributed by atoms with Gasteiger partial charge in [-0.05, 0) is 61.7 Å². The van der Waals surface area contributed by atoms with E-state index in [4.69, 9.17) is 0 Å². The molecule has 0 saturated carbocycles. The minimum absolute atomic E-state index is 0.260. The van der Waals surface area contributed by atoms with E-state index in [9.17, 15) is 25.9 Å². The van der Waals surface area contributed by atoms with Crippen LogP contribution in [0.3, 0.4) is 0 Å². The molecule has 0 aliphatic carbocycles. The van der Waals surface area contributed by atoms with Gasteiger partial charge in [0.25, 0.3) is 16.0 Å². The van der Waals surface area contributed by atoms with Crippen molar-refractivity contribution in [2.45, 2.75) is 57.1 Å². The molecule has 10 heteroatoms. The molecule has 0 amide bonds. The summed E-state index contributed by atoms with van der Waals surface area (Å²) in [5.74, 6) is -0.557. The molecule has 3 aromatic carbocycles. The zero-order valence-electron chi connectivity index (χ0n) is 25.6. The van der Waals surface area contributed by atoms with Crippen molar-refractivity contribution < 1.29 is 30.5 Å². The Morgan fingerprint density at radius 2 is 1.55 bits per heavy atom. The lowest BCUT2D eigenvalue weighted by molar-refractivity contribution is -0.415. The third-order valence-electron chi connectivity index (χ3n) is 8.84. The van der Waals surface area contributed by atoms with Gasteiger partial charge in [0, 0.05) is 41.1 Å². The molecular weight excluding hydrogens is 597 g/mol. The fourth-order valence-electron chi connectivity index (χ4n) is 6.54. The van der Waals surface area contributed by atoms with Gasteiger partial charge in [-0.3, -0.25) is 9.11 Å². The van der Waals surface area contributed by atoms with Crippen LogP contribution in [-0.2, 0) is 31.1 Å². The lowest BCUT2D eigenvalue weighted by Gasteiger charge is -2.27. The number of benzene rings is 3. The van der Waals surface area contributed by atoms with Gasteiger partial charge >= 0.3 is 10.1 Å². The van der Waals surface area contributed by atoms with Gasteiger partial charge in [-0.1, -0.05) is 74.5 Å². The molecule has 1 unspecified atom stereocenters. The molecular formula is C34H39N2O6S2+. The highest BCUT2D eigenvalue weighted by molar-refractivity contribution is 7.86. The second kappa shape index (κ2) is 11.4. The summed E-state index contributed by atoms with van der Waals surface area (Å²) in [4.78, 5) is 2.11. The van der Waals surface area contributed by atoms with Crippen LogP contribution in [0.5, 0.6) is 0 Å². The molecule has 2 heterocycles. The minimum atomic E-state index is -4.31. The maximum Gasteiger partial charge on any atom is 0.326 e. The fraction of sp³-hybridized carbons (Fsp3) is 0.324. The Morgan fingerprint density at radius 1 is 0.864 bits per heavy atom. The van der Waals surface area contributed by atoms with Crippen molar-refractivity contribution in [2.75, 3.05) is 17.3 Å². The van der Waals surface area contributed by atoms with Crippen molar-refractivity contribution in [3.05, 3.63) is 108 Å². The Labute approximate surface area is 260 Å². The van der Waals surface area contributed by atoms with Crippen molar-refractivity contribution in [2.24, 2.45) is 0 Å². The summed E-state index contributed by atoms with van der Waals surface area (Å²) in [6.07, 6.45) is 9.80. The highest BCUT2D eigenvalue weighted by Crippen LogP contribution is 2.48. The molecule has 3 aromatic rings. The maximum absolute atomic E-state index is 12.1.